The van der Waals surface area contributed by atoms with Gasteiger partial charge in [0, 0.05) is 37.4 Å². The number of amides is 4. The first-order chi connectivity index (χ1) is 14.7. The van der Waals surface area contributed by atoms with E-state index in [1.165, 1.54) is 4.90 Å². The summed E-state index contributed by atoms with van der Waals surface area (Å²) in [6, 6.07) is 6.20. The zero-order chi connectivity index (χ0) is 23.0. The van der Waals surface area contributed by atoms with Crippen molar-refractivity contribution >= 4 is 29.5 Å². The van der Waals surface area contributed by atoms with E-state index in [2.05, 4.69) is 10.6 Å². The van der Waals surface area contributed by atoms with E-state index in [9.17, 15) is 19.2 Å². The first-order valence-electron chi connectivity index (χ1n) is 10.6. The van der Waals surface area contributed by atoms with Crippen LogP contribution in [0.4, 0.5) is 10.5 Å². The molecule has 1 saturated heterocycles. The minimum Gasteiger partial charge on any atom is -0.466 e. The van der Waals surface area contributed by atoms with E-state index in [4.69, 9.17) is 4.74 Å². The molecule has 0 spiro atoms. The van der Waals surface area contributed by atoms with E-state index < -0.39 is 0 Å². The van der Waals surface area contributed by atoms with Crippen LogP contribution >= 0.6 is 0 Å². The molecule has 0 aromatic heterocycles. The highest BCUT2D eigenvalue weighted by molar-refractivity contribution is 5.97. The third kappa shape index (κ3) is 7.27. The number of hydrogen-bond donors (Lipinski definition) is 2. The second kappa shape index (κ2) is 11.3. The summed E-state index contributed by atoms with van der Waals surface area (Å²) in [5, 5.41) is 5.42. The van der Waals surface area contributed by atoms with Crippen molar-refractivity contribution in [1.82, 2.24) is 15.1 Å². The van der Waals surface area contributed by atoms with Crippen LogP contribution in [0.3, 0.4) is 0 Å². The Kier molecular flexibility index (Phi) is 8.84. The molecule has 31 heavy (non-hydrogen) atoms. The van der Waals surface area contributed by atoms with Crippen LogP contribution in [0.15, 0.2) is 24.3 Å². The number of piperidine rings is 1. The van der Waals surface area contributed by atoms with Gasteiger partial charge in [-0.2, -0.15) is 0 Å². The van der Waals surface area contributed by atoms with E-state index in [0.29, 0.717) is 43.8 Å². The minimum absolute atomic E-state index is 0.0167. The molecular weight excluding hydrogens is 400 g/mol. The van der Waals surface area contributed by atoms with Gasteiger partial charge in [-0.1, -0.05) is 0 Å². The molecule has 0 aliphatic carbocycles. The van der Waals surface area contributed by atoms with Crippen LogP contribution in [-0.2, 0) is 14.3 Å². The fourth-order valence-electron chi connectivity index (χ4n) is 3.35. The molecule has 4 amide bonds. The number of likely N-dealkylation sites (N-methyl/N-ethyl adjacent to an activating group) is 1. The van der Waals surface area contributed by atoms with Crippen molar-refractivity contribution in [2.24, 2.45) is 5.92 Å². The zero-order valence-electron chi connectivity index (χ0n) is 18.6. The summed E-state index contributed by atoms with van der Waals surface area (Å²) in [5.41, 5.74) is 0.990. The maximum Gasteiger partial charge on any atom is 0.319 e. The largest absolute Gasteiger partial charge is 0.466 e. The van der Waals surface area contributed by atoms with E-state index in [1.54, 1.807) is 43.1 Å². The van der Waals surface area contributed by atoms with E-state index in [-0.39, 0.29) is 42.3 Å². The van der Waals surface area contributed by atoms with Crippen molar-refractivity contribution < 1.29 is 23.9 Å². The average Bonchev–Trinajstić information content (AvgIpc) is 2.73. The number of esters is 1. The number of hydrogen-bond acceptors (Lipinski definition) is 5. The lowest BCUT2D eigenvalue weighted by Gasteiger charge is -2.32. The standard InChI is InChI=1S/C22H32N4O5/c1-5-31-21(29)17-10-12-26(13-11-17)19(27)14-25(4)20(28)16-6-8-18(9-7-16)24-22(30)23-15(2)3/h6-9,15,17H,5,10-14H2,1-4H3,(H2,23,24,30). The Labute approximate surface area is 183 Å². The second-order valence-electron chi connectivity index (χ2n) is 7.90. The molecule has 2 N–H and O–H groups in total. The lowest BCUT2D eigenvalue weighted by Crippen LogP contribution is -2.45. The van der Waals surface area contributed by atoms with Crippen LogP contribution in [0.2, 0.25) is 0 Å². The molecule has 0 atom stereocenters. The van der Waals surface area contributed by atoms with Crippen LogP contribution in [0.25, 0.3) is 0 Å². The van der Waals surface area contributed by atoms with Gasteiger partial charge < -0.3 is 25.2 Å². The minimum atomic E-state index is -0.316. The molecule has 0 saturated carbocycles. The van der Waals surface area contributed by atoms with Gasteiger partial charge in [-0.3, -0.25) is 14.4 Å². The summed E-state index contributed by atoms with van der Waals surface area (Å²) in [4.78, 5) is 51.8. The quantitative estimate of drug-likeness (QED) is 0.642. The zero-order valence-corrected chi connectivity index (χ0v) is 18.6. The normalized spacial score (nSPS) is 14.2. The molecule has 170 valence electrons. The van der Waals surface area contributed by atoms with Gasteiger partial charge in [-0.05, 0) is 57.9 Å². The fourth-order valence-corrected chi connectivity index (χ4v) is 3.35. The summed E-state index contributed by atoms with van der Waals surface area (Å²) in [6.07, 6.45) is 1.14. The molecular formula is C22H32N4O5. The molecule has 1 fully saturated rings. The summed E-state index contributed by atoms with van der Waals surface area (Å²) < 4.78 is 5.05. The maximum absolute atomic E-state index is 12.6. The highest BCUT2D eigenvalue weighted by Gasteiger charge is 2.29. The Morgan fingerprint density at radius 2 is 1.74 bits per heavy atom. The van der Waals surface area contributed by atoms with Gasteiger partial charge in [0.15, 0.2) is 0 Å². The molecule has 1 heterocycles. The third-order valence-electron chi connectivity index (χ3n) is 5.00. The topological polar surface area (TPSA) is 108 Å². The van der Waals surface area contributed by atoms with Gasteiger partial charge in [-0.15, -0.1) is 0 Å². The Morgan fingerprint density at radius 1 is 1.13 bits per heavy atom. The fraction of sp³-hybridized carbons (Fsp3) is 0.545. The smallest absolute Gasteiger partial charge is 0.319 e. The average molecular weight is 433 g/mol. The van der Waals surface area contributed by atoms with E-state index in [1.807, 2.05) is 13.8 Å². The number of carbonyl (C=O) groups is 4. The number of likely N-dealkylation sites (tertiary alicyclic amines) is 1. The molecule has 0 bridgehead atoms. The first-order valence-corrected chi connectivity index (χ1v) is 10.6. The van der Waals surface area contributed by atoms with Crippen molar-refractivity contribution in [2.45, 2.75) is 39.7 Å². The molecule has 9 heteroatoms. The van der Waals surface area contributed by atoms with Gasteiger partial charge >= 0.3 is 12.0 Å². The number of carbonyl (C=O) groups excluding carboxylic acids is 4. The summed E-state index contributed by atoms with van der Waals surface area (Å²) in [7, 11) is 1.58. The SMILES string of the molecule is CCOC(=O)C1CCN(C(=O)CN(C)C(=O)c2ccc(NC(=O)NC(C)C)cc2)CC1. The summed E-state index contributed by atoms with van der Waals surface area (Å²) in [6.45, 7) is 6.76. The Morgan fingerprint density at radius 3 is 2.29 bits per heavy atom. The summed E-state index contributed by atoms with van der Waals surface area (Å²) >= 11 is 0. The number of ether oxygens (including phenoxy) is 1. The van der Waals surface area contributed by atoms with Crippen LogP contribution in [0.1, 0.15) is 44.0 Å². The summed E-state index contributed by atoms with van der Waals surface area (Å²) in [5.74, 6) is -0.811. The van der Waals surface area contributed by atoms with Gasteiger partial charge in [0.05, 0.1) is 19.1 Å². The molecule has 1 aromatic rings. The predicted octanol–water partition coefficient (Wildman–Crippen LogP) is 2.09. The van der Waals surface area contributed by atoms with Gasteiger partial charge in [0.1, 0.15) is 0 Å². The predicted molar refractivity (Wildman–Crippen MR) is 117 cm³/mol. The molecule has 2 rings (SSSR count). The van der Waals surface area contributed by atoms with Gasteiger partial charge in [0.25, 0.3) is 5.91 Å². The van der Waals surface area contributed by atoms with Crippen molar-refractivity contribution in [3.63, 3.8) is 0 Å². The monoisotopic (exact) mass is 432 g/mol. The van der Waals surface area contributed by atoms with Gasteiger partial charge in [-0.25, -0.2) is 4.79 Å². The third-order valence-corrected chi connectivity index (χ3v) is 5.00. The van der Waals surface area contributed by atoms with Crippen LogP contribution in [0, 0.1) is 5.92 Å². The van der Waals surface area contributed by atoms with Crippen LogP contribution in [0.5, 0.6) is 0 Å². The van der Waals surface area contributed by atoms with Crippen molar-refractivity contribution in [1.29, 1.82) is 0 Å². The van der Waals surface area contributed by atoms with E-state index in [0.717, 1.165) is 0 Å². The van der Waals surface area contributed by atoms with Crippen LogP contribution in [-0.4, -0.2) is 72.9 Å². The Hall–Kier alpha value is -3.10. The Balaban J connectivity index is 1.84. The van der Waals surface area contributed by atoms with Crippen molar-refractivity contribution in [2.75, 3.05) is 38.6 Å². The number of nitrogens with one attached hydrogen (secondary N) is 2. The highest BCUT2D eigenvalue weighted by Crippen LogP contribution is 2.19. The molecule has 0 radical (unpaired) electrons. The second-order valence-corrected chi connectivity index (χ2v) is 7.90. The molecule has 9 nitrogen and oxygen atoms in total. The van der Waals surface area contributed by atoms with Crippen molar-refractivity contribution in [3.8, 4) is 0 Å². The number of nitrogens with zero attached hydrogens (tertiary/aromatic N) is 2. The molecule has 1 aliphatic heterocycles. The maximum atomic E-state index is 12.6. The van der Waals surface area contributed by atoms with E-state index >= 15 is 0 Å². The van der Waals surface area contributed by atoms with Crippen molar-refractivity contribution in [3.05, 3.63) is 29.8 Å². The molecule has 0 unspecified atom stereocenters. The molecule has 1 aromatic carbocycles. The number of urea groups is 1. The molecule has 1 aliphatic rings. The lowest BCUT2D eigenvalue weighted by atomic mass is 9.97. The number of anilines is 1. The number of benzene rings is 1. The highest BCUT2D eigenvalue weighted by atomic mass is 16.5. The Bertz CT molecular complexity index is 786. The first kappa shape index (κ1) is 24.2. The number of rotatable bonds is 7. The van der Waals surface area contributed by atoms with Gasteiger partial charge in [0.2, 0.25) is 5.91 Å². The van der Waals surface area contributed by atoms with Crippen LogP contribution < -0.4 is 10.6 Å². The lowest BCUT2D eigenvalue weighted by molar-refractivity contribution is -0.151.